The van der Waals surface area contributed by atoms with E-state index >= 15 is 0 Å². The number of unbranched alkanes of at least 4 members (excludes halogenated alkanes) is 1. The van der Waals surface area contributed by atoms with Gasteiger partial charge in [-0.1, -0.05) is 19.4 Å². The van der Waals surface area contributed by atoms with Crippen LogP contribution < -0.4 is 0 Å². The van der Waals surface area contributed by atoms with Crippen molar-refractivity contribution in [2.75, 3.05) is 6.61 Å². The molecule has 0 atom stereocenters. The summed E-state index contributed by atoms with van der Waals surface area (Å²) in [7, 11) is 0. The lowest BCUT2D eigenvalue weighted by molar-refractivity contribution is 0.0499. The van der Waals surface area contributed by atoms with Crippen molar-refractivity contribution >= 4 is 5.97 Å². The van der Waals surface area contributed by atoms with E-state index in [-0.39, 0.29) is 5.56 Å². The van der Waals surface area contributed by atoms with Gasteiger partial charge in [-0.2, -0.15) is 0 Å². The summed E-state index contributed by atoms with van der Waals surface area (Å²) in [6.45, 7) is 2.40. The minimum Gasteiger partial charge on any atom is -0.462 e. The highest BCUT2D eigenvalue weighted by molar-refractivity contribution is 5.89. The van der Waals surface area contributed by atoms with E-state index in [2.05, 4.69) is 0 Å². The van der Waals surface area contributed by atoms with Gasteiger partial charge in [0.1, 0.15) is 5.82 Å². The molecule has 0 fully saturated rings. The van der Waals surface area contributed by atoms with Crippen molar-refractivity contribution in [2.45, 2.75) is 19.8 Å². The molecule has 0 aliphatic heterocycles. The smallest absolute Gasteiger partial charge is 0.338 e. The molecule has 0 aliphatic rings. The van der Waals surface area contributed by atoms with Gasteiger partial charge in [-0.25, -0.2) is 9.18 Å². The summed E-state index contributed by atoms with van der Waals surface area (Å²) in [4.78, 5) is 11.3. The van der Waals surface area contributed by atoms with Gasteiger partial charge >= 0.3 is 5.97 Å². The van der Waals surface area contributed by atoms with Crippen LogP contribution in [0, 0.1) is 5.82 Å². The van der Waals surface area contributed by atoms with Crippen LogP contribution in [0.1, 0.15) is 30.1 Å². The number of hydrogen-bond donors (Lipinski definition) is 0. The maximum Gasteiger partial charge on any atom is 0.338 e. The molecule has 0 saturated heterocycles. The van der Waals surface area contributed by atoms with Gasteiger partial charge in [0, 0.05) is 0 Å². The van der Waals surface area contributed by atoms with Crippen molar-refractivity contribution in [3.8, 4) is 0 Å². The van der Waals surface area contributed by atoms with Gasteiger partial charge < -0.3 is 4.74 Å². The number of ether oxygens (including phenoxy) is 1. The lowest BCUT2D eigenvalue weighted by Gasteiger charge is -2.03. The third-order valence-corrected chi connectivity index (χ3v) is 1.79. The molecule has 0 unspecified atom stereocenters. The fourth-order valence-corrected chi connectivity index (χ4v) is 1.01. The largest absolute Gasteiger partial charge is 0.462 e. The van der Waals surface area contributed by atoms with Gasteiger partial charge in [0.15, 0.2) is 0 Å². The quantitative estimate of drug-likeness (QED) is 0.546. The van der Waals surface area contributed by atoms with Crippen molar-refractivity contribution in [1.82, 2.24) is 0 Å². The first kappa shape index (κ1) is 10.7. The molecule has 14 heavy (non-hydrogen) atoms. The normalized spacial score (nSPS) is 9.86. The van der Waals surface area contributed by atoms with E-state index in [0.717, 1.165) is 12.8 Å². The third-order valence-electron chi connectivity index (χ3n) is 1.79. The highest BCUT2D eigenvalue weighted by Crippen LogP contribution is 2.05. The fraction of sp³-hybridized carbons (Fsp3) is 0.364. The second kappa shape index (κ2) is 5.37. The number of halogens is 1. The van der Waals surface area contributed by atoms with Gasteiger partial charge in [-0.15, -0.1) is 0 Å². The minimum atomic E-state index is -0.460. The second-order valence-corrected chi connectivity index (χ2v) is 3.00. The van der Waals surface area contributed by atoms with E-state index in [1.807, 2.05) is 6.92 Å². The Morgan fingerprint density at radius 1 is 1.50 bits per heavy atom. The number of esters is 1. The Morgan fingerprint density at radius 3 is 2.93 bits per heavy atom. The first-order chi connectivity index (χ1) is 6.74. The summed E-state index contributed by atoms with van der Waals surface area (Å²) in [5.74, 6) is -0.882. The van der Waals surface area contributed by atoms with Gasteiger partial charge in [0.05, 0.1) is 12.2 Å². The Bertz CT molecular complexity index is 310. The van der Waals surface area contributed by atoms with Crippen LogP contribution in [0.25, 0.3) is 0 Å². The van der Waals surface area contributed by atoms with Crippen LogP contribution in [-0.2, 0) is 4.74 Å². The predicted molar refractivity (Wildman–Crippen MR) is 51.6 cm³/mol. The molecule has 0 spiro atoms. The topological polar surface area (TPSA) is 26.3 Å². The van der Waals surface area contributed by atoms with Crippen LogP contribution in [0.3, 0.4) is 0 Å². The first-order valence-corrected chi connectivity index (χ1v) is 4.66. The van der Waals surface area contributed by atoms with Crippen LogP contribution >= 0.6 is 0 Å². The second-order valence-electron chi connectivity index (χ2n) is 3.00. The SMILES string of the molecule is CCCCOC(=O)c1cccc(F)c1. The highest BCUT2D eigenvalue weighted by atomic mass is 19.1. The van der Waals surface area contributed by atoms with Gasteiger partial charge in [-0.3, -0.25) is 0 Å². The monoisotopic (exact) mass is 196 g/mol. The Morgan fingerprint density at radius 2 is 2.29 bits per heavy atom. The highest BCUT2D eigenvalue weighted by Gasteiger charge is 2.06. The van der Waals surface area contributed by atoms with Crippen LogP contribution in [0.15, 0.2) is 24.3 Å². The molecule has 3 heteroatoms. The zero-order valence-electron chi connectivity index (χ0n) is 8.13. The molecule has 0 saturated carbocycles. The van der Waals surface area contributed by atoms with Crippen molar-refractivity contribution in [1.29, 1.82) is 0 Å². The number of benzene rings is 1. The van der Waals surface area contributed by atoms with E-state index in [4.69, 9.17) is 4.74 Å². The molecular weight excluding hydrogens is 183 g/mol. The van der Waals surface area contributed by atoms with E-state index in [1.54, 1.807) is 0 Å². The van der Waals surface area contributed by atoms with Crippen molar-refractivity contribution in [3.05, 3.63) is 35.6 Å². The van der Waals surface area contributed by atoms with Crippen LogP contribution in [0.4, 0.5) is 4.39 Å². The predicted octanol–water partition coefficient (Wildman–Crippen LogP) is 2.78. The van der Waals surface area contributed by atoms with Crippen LogP contribution in [0.2, 0.25) is 0 Å². The third kappa shape index (κ3) is 3.17. The standard InChI is InChI=1S/C11H13FO2/c1-2-3-7-14-11(13)9-5-4-6-10(12)8-9/h4-6,8H,2-3,7H2,1H3. The Hall–Kier alpha value is -1.38. The van der Waals surface area contributed by atoms with E-state index in [0.29, 0.717) is 6.61 Å². The summed E-state index contributed by atoms with van der Waals surface area (Å²) in [6.07, 6.45) is 1.80. The number of carbonyl (C=O) groups excluding carboxylic acids is 1. The first-order valence-electron chi connectivity index (χ1n) is 4.66. The Balaban J connectivity index is 2.52. The molecule has 1 aromatic rings. The summed E-state index contributed by atoms with van der Waals surface area (Å²) >= 11 is 0. The molecule has 76 valence electrons. The molecule has 0 aliphatic carbocycles. The number of hydrogen-bond acceptors (Lipinski definition) is 2. The Labute approximate surface area is 82.7 Å². The lowest BCUT2D eigenvalue weighted by atomic mass is 10.2. The summed E-state index contributed by atoms with van der Waals surface area (Å²) in [5, 5.41) is 0. The van der Waals surface area contributed by atoms with Gasteiger partial charge in [-0.05, 0) is 24.6 Å². The average Bonchev–Trinajstić information content (AvgIpc) is 2.18. The van der Waals surface area contributed by atoms with Crippen molar-refractivity contribution < 1.29 is 13.9 Å². The molecular formula is C11H13FO2. The van der Waals surface area contributed by atoms with Gasteiger partial charge in [0.2, 0.25) is 0 Å². The molecule has 0 radical (unpaired) electrons. The van der Waals surface area contributed by atoms with Crippen LogP contribution in [0.5, 0.6) is 0 Å². The van der Waals surface area contributed by atoms with Crippen molar-refractivity contribution in [3.63, 3.8) is 0 Å². The zero-order chi connectivity index (χ0) is 10.4. The molecule has 1 rings (SSSR count). The fourth-order valence-electron chi connectivity index (χ4n) is 1.01. The Kier molecular flexibility index (Phi) is 4.11. The number of carbonyl (C=O) groups is 1. The summed E-state index contributed by atoms with van der Waals surface area (Å²) < 4.78 is 17.6. The van der Waals surface area contributed by atoms with E-state index < -0.39 is 11.8 Å². The molecule has 0 aromatic heterocycles. The lowest BCUT2D eigenvalue weighted by Crippen LogP contribution is -2.06. The average molecular weight is 196 g/mol. The van der Waals surface area contributed by atoms with Gasteiger partial charge in [0.25, 0.3) is 0 Å². The molecule has 0 heterocycles. The molecule has 0 N–H and O–H groups in total. The van der Waals surface area contributed by atoms with E-state index in [9.17, 15) is 9.18 Å². The summed E-state index contributed by atoms with van der Waals surface area (Å²) in [6, 6.07) is 5.50. The van der Waals surface area contributed by atoms with Crippen molar-refractivity contribution in [2.24, 2.45) is 0 Å². The van der Waals surface area contributed by atoms with Crippen LogP contribution in [-0.4, -0.2) is 12.6 Å². The van der Waals surface area contributed by atoms with E-state index in [1.165, 1.54) is 24.3 Å². The number of rotatable bonds is 4. The molecule has 2 nitrogen and oxygen atoms in total. The molecule has 0 bridgehead atoms. The summed E-state index contributed by atoms with van der Waals surface area (Å²) in [5.41, 5.74) is 0.265. The molecule has 0 amide bonds. The minimum absolute atomic E-state index is 0.265. The zero-order valence-corrected chi connectivity index (χ0v) is 8.13. The maximum absolute atomic E-state index is 12.7. The maximum atomic E-state index is 12.7. The molecule has 1 aromatic carbocycles.